The summed E-state index contributed by atoms with van der Waals surface area (Å²) in [7, 11) is 0. The summed E-state index contributed by atoms with van der Waals surface area (Å²) in [4.78, 5) is 47.6. The zero-order valence-corrected chi connectivity index (χ0v) is 21.2. The summed E-state index contributed by atoms with van der Waals surface area (Å²) in [5, 5.41) is 11.7. The van der Waals surface area contributed by atoms with E-state index < -0.39 is 23.6 Å². The lowest BCUT2D eigenvalue weighted by atomic mass is 10.1. The van der Waals surface area contributed by atoms with E-state index in [4.69, 9.17) is 21.1 Å². The van der Waals surface area contributed by atoms with Crippen LogP contribution in [0.3, 0.4) is 0 Å². The van der Waals surface area contributed by atoms with Crippen LogP contribution in [0.4, 0.5) is 0 Å². The first-order chi connectivity index (χ1) is 18.4. The van der Waals surface area contributed by atoms with Crippen LogP contribution >= 0.6 is 11.6 Å². The van der Waals surface area contributed by atoms with Crippen molar-refractivity contribution in [1.82, 2.24) is 35.2 Å². The van der Waals surface area contributed by atoms with Crippen LogP contribution in [0.5, 0.6) is 5.75 Å². The number of H-pyrrole nitrogens is 1. The highest BCUT2D eigenvalue weighted by atomic mass is 35.5. The van der Waals surface area contributed by atoms with E-state index in [0.717, 1.165) is 12.8 Å². The molecule has 6 rings (SSSR count). The number of carbonyl (C=O) groups is 2. The van der Waals surface area contributed by atoms with Gasteiger partial charge in [0.15, 0.2) is 0 Å². The van der Waals surface area contributed by atoms with Crippen molar-refractivity contribution >= 4 is 23.4 Å². The standard InChI is InChI=1S/C25H26ClN7O5/c26-18-5-4-15-8-20(18)37-7-1-6-33-10-16(30-31-33)13-38-21-12-32(11-19(21)28-23(15)34)25(36)17-9-27-22(14-2-3-14)29-24(17)35/h4-5,8-10,14,19,21H,1-3,6-7,11-13H2,(H,28,34)(H,27,29,35)/t19-,21-/m0/s1. The molecule has 2 fully saturated rings. The van der Waals surface area contributed by atoms with Crippen LogP contribution in [-0.2, 0) is 17.9 Å². The third-order valence-electron chi connectivity index (χ3n) is 6.90. The normalized spacial score (nSPS) is 21.9. The molecule has 1 saturated carbocycles. The van der Waals surface area contributed by atoms with E-state index >= 15 is 0 Å². The van der Waals surface area contributed by atoms with Gasteiger partial charge in [-0.1, -0.05) is 16.8 Å². The van der Waals surface area contributed by atoms with E-state index in [1.807, 2.05) is 0 Å². The first kappa shape index (κ1) is 24.6. The Morgan fingerprint density at radius 1 is 1.18 bits per heavy atom. The van der Waals surface area contributed by atoms with Crippen LogP contribution < -0.4 is 15.6 Å². The average molecular weight is 540 g/mol. The Labute approximate surface area is 222 Å². The van der Waals surface area contributed by atoms with Gasteiger partial charge >= 0.3 is 0 Å². The van der Waals surface area contributed by atoms with E-state index in [1.165, 1.54) is 11.1 Å². The number of benzene rings is 1. The maximum Gasteiger partial charge on any atom is 0.263 e. The summed E-state index contributed by atoms with van der Waals surface area (Å²) in [6.45, 7) is 1.45. The first-order valence-electron chi connectivity index (χ1n) is 12.6. The van der Waals surface area contributed by atoms with Crippen molar-refractivity contribution in [2.45, 2.75) is 50.5 Å². The van der Waals surface area contributed by atoms with Crippen LogP contribution in [-0.4, -0.2) is 73.5 Å². The predicted molar refractivity (Wildman–Crippen MR) is 134 cm³/mol. The monoisotopic (exact) mass is 539 g/mol. The van der Waals surface area contributed by atoms with Crippen molar-refractivity contribution in [2.24, 2.45) is 0 Å². The minimum absolute atomic E-state index is 0.0408. The number of hydrogen-bond acceptors (Lipinski definition) is 8. The van der Waals surface area contributed by atoms with Crippen molar-refractivity contribution < 1.29 is 19.1 Å². The van der Waals surface area contributed by atoms with Gasteiger partial charge in [0.25, 0.3) is 17.4 Å². The van der Waals surface area contributed by atoms with Crippen molar-refractivity contribution in [1.29, 1.82) is 0 Å². The van der Waals surface area contributed by atoms with Crippen LogP contribution in [0.2, 0.25) is 5.02 Å². The Hall–Kier alpha value is -3.77. The summed E-state index contributed by atoms with van der Waals surface area (Å²) in [5.41, 5.74) is 0.485. The minimum Gasteiger partial charge on any atom is -0.492 e. The van der Waals surface area contributed by atoms with Gasteiger partial charge in [-0.15, -0.1) is 5.10 Å². The van der Waals surface area contributed by atoms with E-state index in [1.54, 1.807) is 29.1 Å². The number of aromatic amines is 1. The molecule has 1 aromatic carbocycles. The topological polar surface area (TPSA) is 144 Å². The Balaban J connectivity index is 1.25. The molecule has 4 heterocycles. The molecule has 3 aliphatic rings. The van der Waals surface area contributed by atoms with Gasteiger partial charge in [-0.2, -0.15) is 0 Å². The molecule has 38 heavy (non-hydrogen) atoms. The molecule has 2 atom stereocenters. The molecular formula is C25H26ClN7O5. The van der Waals surface area contributed by atoms with Gasteiger partial charge in [0, 0.05) is 43.7 Å². The fourth-order valence-corrected chi connectivity index (χ4v) is 4.84. The summed E-state index contributed by atoms with van der Waals surface area (Å²) in [5.74, 6) is 0.458. The number of aryl methyl sites for hydroxylation is 1. The smallest absolute Gasteiger partial charge is 0.263 e. The molecule has 2 N–H and O–H groups in total. The third-order valence-corrected chi connectivity index (χ3v) is 7.21. The maximum absolute atomic E-state index is 13.3. The number of fused-ring (bicyclic) bond motifs is 5. The Morgan fingerprint density at radius 3 is 2.87 bits per heavy atom. The molecule has 2 amide bonds. The fraction of sp³-hybridized carbons (Fsp3) is 0.440. The van der Waals surface area contributed by atoms with Gasteiger partial charge in [-0.05, 0) is 31.0 Å². The largest absolute Gasteiger partial charge is 0.492 e. The first-order valence-corrected chi connectivity index (χ1v) is 12.9. The lowest BCUT2D eigenvalue weighted by Gasteiger charge is -2.20. The fourth-order valence-electron chi connectivity index (χ4n) is 4.66. The summed E-state index contributed by atoms with van der Waals surface area (Å²) < 4.78 is 13.6. The van der Waals surface area contributed by atoms with Crippen molar-refractivity contribution in [3.8, 4) is 5.75 Å². The van der Waals surface area contributed by atoms with Crippen LogP contribution in [0.1, 0.15) is 57.4 Å². The number of halogens is 1. The van der Waals surface area contributed by atoms with Gasteiger partial charge in [0.1, 0.15) is 22.8 Å². The maximum atomic E-state index is 13.3. The molecule has 0 spiro atoms. The van der Waals surface area contributed by atoms with Crippen molar-refractivity contribution in [2.75, 3.05) is 19.7 Å². The minimum atomic E-state index is -0.540. The van der Waals surface area contributed by atoms with Gasteiger partial charge in [0.05, 0.1) is 36.6 Å². The molecule has 2 aromatic heterocycles. The number of aromatic nitrogens is 5. The molecule has 13 heteroatoms. The van der Waals surface area contributed by atoms with Crippen molar-refractivity contribution in [3.63, 3.8) is 0 Å². The second-order valence-corrected chi connectivity index (χ2v) is 10.2. The SMILES string of the molecule is O=C1N[C@H]2CN(C(=O)c3cnc(C4CC4)[nH]c3=O)C[C@@H]2OCc2cn(nn2)CCCOc2cc1ccc2Cl. The summed E-state index contributed by atoms with van der Waals surface area (Å²) in [6, 6.07) is 4.29. The molecule has 0 unspecified atom stereocenters. The Bertz CT molecular complexity index is 1440. The molecule has 1 aliphatic carbocycles. The second-order valence-electron chi connectivity index (χ2n) is 9.75. The van der Waals surface area contributed by atoms with Crippen LogP contribution in [0.25, 0.3) is 0 Å². The number of ether oxygens (including phenoxy) is 2. The number of hydrogen-bond donors (Lipinski definition) is 2. The summed E-state index contributed by atoms with van der Waals surface area (Å²) in [6.07, 6.45) is 5.22. The van der Waals surface area contributed by atoms with Gasteiger partial charge in [-0.3, -0.25) is 19.1 Å². The zero-order chi connectivity index (χ0) is 26.2. The number of nitrogens with one attached hydrogen (secondary N) is 2. The average Bonchev–Trinajstić information content (AvgIpc) is 3.54. The summed E-state index contributed by atoms with van der Waals surface area (Å²) >= 11 is 6.28. The van der Waals surface area contributed by atoms with Gasteiger partial charge < -0.3 is 24.7 Å². The number of amides is 2. The van der Waals surface area contributed by atoms with Crippen LogP contribution in [0.15, 0.2) is 35.4 Å². The lowest BCUT2D eigenvalue weighted by Crippen LogP contribution is -2.44. The highest BCUT2D eigenvalue weighted by Crippen LogP contribution is 2.37. The highest BCUT2D eigenvalue weighted by Gasteiger charge is 2.38. The number of nitrogens with zero attached hydrogens (tertiary/aromatic N) is 5. The molecular weight excluding hydrogens is 514 g/mol. The number of carbonyl (C=O) groups excluding carboxylic acids is 2. The molecule has 2 aliphatic heterocycles. The third kappa shape index (κ3) is 5.14. The predicted octanol–water partition coefficient (Wildman–Crippen LogP) is 1.51. The Kier molecular flexibility index (Phi) is 6.58. The number of rotatable bonds is 2. The molecule has 198 valence electrons. The second kappa shape index (κ2) is 10.2. The molecule has 0 radical (unpaired) electrons. The zero-order valence-electron chi connectivity index (χ0n) is 20.4. The van der Waals surface area contributed by atoms with E-state index in [9.17, 15) is 14.4 Å². The van der Waals surface area contributed by atoms with Crippen LogP contribution in [0, 0.1) is 0 Å². The molecule has 4 bridgehead atoms. The highest BCUT2D eigenvalue weighted by molar-refractivity contribution is 6.32. The van der Waals surface area contributed by atoms with E-state index in [-0.39, 0.29) is 37.1 Å². The lowest BCUT2D eigenvalue weighted by molar-refractivity contribution is 0.0291. The molecule has 3 aromatic rings. The van der Waals surface area contributed by atoms with E-state index in [0.29, 0.717) is 47.4 Å². The quantitative estimate of drug-likeness (QED) is 0.498. The van der Waals surface area contributed by atoms with E-state index in [2.05, 4.69) is 25.6 Å². The molecule has 12 nitrogen and oxygen atoms in total. The van der Waals surface area contributed by atoms with Gasteiger partial charge in [-0.25, -0.2) is 4.98 Å². The number of likely N-dealkylation sites (tertiary alicyclic amines) is 1. The Morgan fingerprint density at radius 2 is 2.05 bits per heavy atom. The molecule has 1 saturated heterocycles. The van der Waals surface area contributed by atoms with Crippen molar-refractivity contribution in [3.05, 3.63) is 68.6 Å². The van der Waals surface area contributed by atoms with Gasteiger partial charge in [0.2, 0.25) is 0 Å².